The number of hydrogen-bond donors (Lipinski definition) is 1. The van der Waals surface area contributed by atoms with Crippen LogP contribution in [0, 0.1) is 29.1 Å². The van der Waals surface area contributed by atoms with Crippen molar-refractivity contribution in [3.05, 3.63) is 44.5 Å². The van der Waals surface area contributed by atoms with Gasteiger partial charge in [0, 0.05) is 0 Å². The van der Waals surface area contributed by atoms with E-state index in [-0.39, 0.29) is 5.15 Å². The minimum atomic E-state index is -2.29. The highest BCUT2D eigenvalue weighted by Crippen LogP contribution is 2.34. The van der Waals surface area contributed by atoms with Crippen molar-refractivity contribution in [3.8, 4) is 0 Å². The monoisotopic (exact) mass is 363 g/mol. The third-order valence-corrected chi connectivity index (χ3v) is 3.13. The molecular weight excluding hydrogens is 363 g/mol. The van der Waals surface area contributed by atoms with Gasteiger partial charge in [-0.05, 0) is 11.6 Å². The molecule has 0 saturated heterocycles. The molecule has 0 fully saturated rings. The zero-order valence-electron chi connectivity index (χ0n) is 9.42. The molecule has 0 aliphatic heterocycles. The molecule has 1 aromatic carbocycles. The SMILES string of the molecule is Fc1c(F)c(F)c(Nc2nc(Cl)nc(Cl)c2Cl)c(F)c1F. The van der Waals surface area contributed by atoms with Crippen molar-refractivity contribution in [2.45, 2.75) is 0 Å². The third-order valence-electron chi connectivity index (χ3n) is 2.24. The van der Waals surface area contributed by atoms with E-state index in [0.717, 1.165) is 0 Å². The van der Waals surface area contributed by atoms with Gasteiger partial charge in [-0.15, -0.1) is 0 Å². The van der Waals surface area contributed by atoms with Crippen LogP contribution in [0.2, 0.25) is 15.5 Å². The van der Waals surface area contributed by atoms with E-state index in [1.165, 1.54) is 0 Å². The van der Waals surface area contributed by atoms with E-state index >= 15 is 0 Å². The zero-order valence-corrected chi connectivity index (χ0v) is 11.7. The summed E-state index contributed by atoms with van der Waals surface area (Å²) in [7, 11) is 0. The number of rotatable bonds is 2. The van der Waals surface area contributed by atoms with Crippen LogP contribution in [0.25, 0.3) is 0 Å². The predicted molar refractivity (Wildman–Crippen MR) is 66.6 cm³/mol. The van der Waals surface area contributed by atoms with Gasteiger partial charge in [0.2, 0.25) is 11.1 Å². The molecule has 11 heteroatoms. The normalized spacial score (nSPS) is 10.9. The first-order valence-corrected chi connectivity index (χ1v) is 6.04. The van der Waals surface area contributed by atoms with Gasteiger partial charge in [-0.3, -0.25) is 0 Å². The van der Waals surface area contributed by atoms with Crippen molar-refractivity contribution in [2.75, 3.05) is 5.32 Å². The second-order valence-corrected chi connectivity index (χ2v) is 4.59. The van der Waals surface area contributed by atoms with Crippen molar-refractivity contribution < 1.29 is 22.0 Å². The van der Waals surface area contributed by atoms with Gasteiger partial charge in [0.05, 0.1) is 0 Å². The molecule has 0 aliphatic carbocycles. The van der Waals surface area contributed by atoms with Crippen molar-refractivity contribution in [1.29, 1.82) is 0 Å². The van der Waals surface area contributed by atoms with Crippen LogP contribution >= 0.6 is 34.8 Å². The Labute approximate surface area is 128 Å². The first kappa shape index (κ1) is 16.0. The molecule has 1 heterocycles. The maximum absolute atomic E-state index is 13.5. The summed E-state index contributed by atoms with van der Waals surface area (Å²) < 4.78 is 66.0. The minimum Gasteiger partial charge on any atom is -0.334 e. The molecule has 2 aromatic rings. The highest BCUT2D eigenvalue weighted by Gasteiger charge is 2.27. The van der Waals surface area contributed by atoms with Crippen molar-refractivity contribution in [2.24, 2.45) is 0 Å². The number of aromatic nitrogens is 2. The molecule has 3 nitrogen and oxygen atoms in total. The number of hydrogen-bond acceptors (Lipinski definition) is 3. The number of halogens is 8. The fourth-order valence-electron chi connectivity index (χ4n) is 1.31. The molecule has 0 aliphatic rings. The van der Waals surface area contributed by atoms with Crippen LogP contribution in [0.15, 0.2) is 0 Å². The number of nitrogens with zero attached hydrogens (tertiary/aromatic N) is 2. The molecule has 0 radical (unpaired) electrons. The van der Waals surface area contributed by atoms with Gasteiger partial charge in [0.15, 0.2) is 34.2 Å². The maximum Gasteiger partial charge on any atom is 0.225 e. The van der Waals surface area contributed by atoms with E-state index in [9.17, 15) is 22.0 Å². The maximum atomic E-state index is 13.5. The van der Waals surface area contributed by atoms with Gasteiger partial charge in [-0.1, -0.05) is 23.2 Å². The van der Waals surface area contributed by atoms with Crippen LogP contribution in [-0.4, -0.2) is 9.97 Å². The smallest absolute Gasteiger partial charge is 0.225 e. The molecule has 112 valence electrons. The molecule has 0 amide bonds. The van der Waals surface area contributed by atoms with E-state index in [1.54, 1.807) is 0 Å². The fourth-order valence-corrected chi connectivity index (χ4v) is 1.82. The Morgan fingerprint density at radius 2 is 1.19 bits per heavy atom. The van der Waals surface area contributed by atoms with Crippen molar-refractivity contribution >= 4 is 46.3 Å². The Morgan fingerprint density at radius 3 is 1.71 bits per heavy atom. The second kappa shape index (κ2) is 5.78. The summed E-state index contributed by atoms with van der Waals surface area (Å²) in [6.07, 6.45) is 0. The fraction of sp³-hybridized carbons (Fsp3) is 0. The molecule has 0 atom stereocenters. The highest BCUT2D eigenvalue weighted by atomic mass is 35.5. The van der Waals surface area contributed by atoms with Crippen LogP contribution in [-0.2, 0) is 0 Å². The largest absolute Gasteiger partial charge is 0.334 e. The molecule has 0 saturated carbocycles. The molecule has 21 heavy (non-hydrogen) atoms. The van der Waals surface area contributed by atoms with Gasteiger partial charge in [0.25, 0.3) is 0 Å². The Kier molecular flexibility index (Phi) is 4.40. The molecular formula is C10HCl3F5N3. The summed E-state index contributed by atoms with van der Waals surface area (Å²) >= 11 is 16.7. The first-order valence-electron chi connectivity index (χ1n) is 4.91. The van der Waals surface area contributed by atoms with E-state index in [0.29, 0.717) is 0 Å². The molecule has 1 aromatic heterocycles. The molecule has 0 unspecified atom stereocenters. The van der Waals surface area contributed by atoms with Crippen LogP contribution in [0.3, 0.4) is 0 Å². The summed E-state index contributed by atoms with van der Waals surface area (Å²) in [5, 5.41) is 0.618. The van der Waals surface area contributed by atoms with E-state index in [2.05, 4.69) is 9.97 Å². The number of anilines is 2. The Morgan fingerprint density at radius 1 is 0.714 bits per heavy atom. The summed E-state index contributed by atoms with van der Waals surface area (Å²) in [5.74, 6) is -11.2. The third kappa shape index (κ3) is 2.83. The molecule has 1 N–H and O–H groups in total. The van der Waals surface area contributed by atoms with Gasteiger partial charge in [0.1, 0.15) is 10.7 Å². The average Bonchev–Trinajstić information content (AvgIpc) is 2.44. The van der Waals surface area contributed by atoms with E-state index < -0.39 is 50.9 Å². The average molecular weight is 364 g/mol. The van der Waals surface area contributed by atoms with Gasteiger partial charge < -0.3 is 5.32 Å². The van der Waals surface area contributed by atoms with Crippen molar-refractivity contribution in [1.82, 2.24) is 9.97 Å². The molecule has 0 bridgehead atoms. The first-order chi connectivity index (χ1) is 9.73. The summed E-state index contributed by atoms with van der Waals surface area (Å²) in [6, 6.07) is 0. The topological polar surface area (TPSA) is 37.8 Å². The Bertz CT molecular complexity index is 712. The van der Waals surface area contributed by atoms with E-state index in [1.807, 2.05) is 5.32 Å². The standard InChI is InChI=1S/C10HCl3F5N3/c11-1-8(12)20-10(13)21-9(1)19-7-5(17)3(15)2(14)4(16)6(7)18/h(H,19,20,21). The highest BCUT2D eigenvalue weighted by molar-refractivity contribution is 6.43. The van der Waals surface area contributed by atoms with Gasteiger partial charge >= 0.3 is 0 Å². The lowest BCUT2D eigenvalue weighted by Gasteiger charge is -2.11. The predicted octanol–water partition coefficient (Wildman–Crippen LogP) is 4.88. The number of benzene rings is 1. The Balaban J connectivity index is 2.60. The van der Waals surface area contributed by atoms with Crippen LogP contribution in [0.4, 0.5) is 33.5 Å². The number of nitrogens with one attached hydrogen (secondary N) is 1. The van der Waals surface area contributed by atoms with Crippen LogP contribution in [0.1, 0.15) is 0 Å². The quantitative estimate of drug-likeness (QED) is 0.271. The summed E-state index contributed by atoms with van der Waals surface area (Å²) in [6.45, 7) is 0. The Hall–Kier alpha value is -1.38. The second-order valence-electron chi connectivity index (χ2n) is 3.52. The minimum absolute atomic E-state index is 0.372. The lowest BCUT2D eigenvalue weighted by atomic mass is 10.2. The van der Waals surface area contributed by atoms with Gasteiger partial charge in [-0.2, -0.15) is 4.98 Å². The van der Waals surface area contributed by atoms with Gasteiger partial charge in [-0.25, -0.2) is 26.9 Å². The van der Waals surface area contributed by atoms with E-state index in [4.69, 9.17) is 34.8 Å². The van der Waals surface area contributed by atoms with Crippen LogP contribution in [0.5, 0.6) is 0 Å². The zero-order chi connectivity index (χ0) is 15.9. The summed E-state index contributed by atoms with van der Waals surface area (Å²) in [5.41, 5.74) is -1.35. The summed E-state index contributed by atoms with van der Waals surface area (Å²) in [4.78, 5) is 6.87. The molecule has 2 rings (SSSR count). The van der Waals surface area contributed by atoms with Crippen molar-refractivity contribution in [3.63, 3.8) is 0 Å². The lowest BCUT2D eigenvalue weighted by molar-refractivity contribution is 0.382. The molecule has 0 spiro atoms. The van der Waals surface area contributed by atoms with Crippen LogP contribution < -0.4 is 5.32 Å². The lowest BCUT2D eigenvalue weighted by Crippen LogP contribution is -2.08.